The maximum Gasteiger partial charge on any atom is 0.307 e. The number of pyridine rings is 1. The summed E-state index contributed by atoms with van der Waals surface area (Å²) in [7, 11) is 0. The van der Waals surface area contributed by atoms with E-state index in [1.165, 1.54) is 0 Å². The van der Waals surface area contributed by atoms with Crippen molar-refractivity contribution in [2.75, 3.05) is 0 Å². The summed E-state index contributed by atoms with van der Waals surface area (Å²) in [4.78, 5) is 13.6. The Morgan fingerprint density at radius 2 is 2.20 bits per heavy atom. The lowest BCUT2D eigenvalue weighted by Gasteiger charge is -2.07. The highest BCUT2D eigenvalue weighted by molar-refractivity contribution is 6.30. The number of alkyl halides is 2. The number of carboxylic acids is 1. The number of hydrogen-bond acceptors (Lipinski definition) is 2. The molecule has 1 aromatic rings. The van der Waals surface area contributed by atoms with Gasteiger partial charge in [-0.3, -0.25) is 4.79 Å². The maximum atomic E-state index is 13.3. The van der Waals surface area contributed by atoms with Crippen molar-refractivity contribution in [2.45, 2.75) is 12.8 Å². The summed E-state index contributed by atoms with van der Waals surface area (Å²) < 4.78 is 37.9. The van der Waals surface area contributed by atoms with Crippen LogP contribution in [0.2, 0.25) is 5.15 Å². The Kier molecular flexibility index (Phi) is 3.52. The molecule has 82 valence electrons. The third kappa shape index (κ3) is 2.59. The van der Waals surface area contributed by atoms with Crippen LogP contribution in [0, 0.1) is 5.82 Å². The molecule has 0 aromatic carbocycles. The molecular formula is C8H5ClF3NO2. The number of carbonyl (C=O) groups is 1. The minimum atomic E-state index is -3.13. The zero-order chi connectivity index (χ0) is 11.6. The highest BCUT2D eigenvalue weighted by Crippen LogP contribution is 2.29. The molecule has 0 atom stereocenters. The number of halogens is 4. The zero-order valence-electron chi connectivity index (χ0n) is 7.18. The second kappa shape index (κ2) is 4.48. The minimum absolute atomic E-state index is 0.415. The molecule has 1 aromatic heterocycles. The van der Waals surface area contributed by atoms with Gasteiger partial charge >= 0.3 is 5.97 Å². The van der Waals surface area contributed by atoms with Crippen molar-refractivity contribution < 1.29 is 23.1 Å². The van der Waals surface area contributed by atoms with E-state index in [9.17, 15) is 18.0 Å². The molecule has 0 saturated carbocycles. The van der Waals surface area contributed by atoms with Gasteiger partial charge in [0.05, 0.1) is 12.0 Å². The number of aliphatic carboxylic acids is 1. The summed E-state index contributed by atoms with van der Waals surface area (Å²) in [6.45, 7) is 0. The maximum absolute atomic E-state index is 13.3. The van der Waals surface area contributed by atoms with E-state index >= 15 is 0 Å². The predicted molar refractivity (Wildman–Crippen MR) is 45.5 cm³/mol. The normalized spacial score (nSPS) is 10.7. The molecule has 1 N–H and O–H groups in total. The molecule has 15 heavy (non-hydrogen) atoms. The van der Waals surface area contributed by atoms with Crippen molar-refractivity contribution >= 4 is 17.6 Å². The molecule has 0 spiro atoms. The van der Waals surface area contributed by atoms with Gasteiger partial charge in [-0.25, -0.2) is 18.2 Å². The van der Waals surface area contributed by atoms with Crippen LogP contribution in [0.25, 0.3) is 0 Å². The number of aromatic nitrogens is 1. The number of hydrogen-bond donors (Lipinski definition) is 1. The zero-order valence-corrected chi connectivity index (χ0v) is 7.93. The Balaban J connectivity index is 3.22. The SMILES string of the molecule is O=C(O)Cc1cnc(Cl)c(C(F)F)c1F. The van der Waals surface area contributed by atoms with Crippen LogP contribution in [0.15, 0.2) is 6.20 Å². The quantitative estimate of drug-likeness (QED) is 0.824. The van der Waals surface area contributed by atoms with Crippen LogP contribution in [0.1, 0.15) is 17.6 Å². The lowest BCUT2D eigenvalue weighted by molar-refractivity contribution is -0.136. The van der Waals surface area contributed by atoms with Gasteiger partial charge in [0.25, 0.3) is 6.43 Å². The van der Waals surface area contributed by atoms with Crippen LogP contribution >= 0.6 is 11.6 Å². The molecule has 3 nitrogen and oxygen atoms in total. The molecule has 0 bridgehead atoms. The lowest BCUT2D eigenvalue weighted by atomic mass is 10.1. The number of rotatable bonds is 3. The summed E-state index contributed by atoms with van der Waals surface area (Å²) in [5.74, 6) is -2.65. The van der Waals surface area contributed by atoms with E-state index < -0.39 is 40.9 Å². The van der Waals surface area contributed by atoms with E-state index in [2.05, 4.69) is 4.98 Å². The fourth-order valence-corrected chi connectivity index (χ4v) is 1.21. The minimum Gasteiger partial charge on any atom is -0.481 e. The highest BCUT2D eigenvalue weighted by atomic mass is 35.5. The Morgan fingerprint density at radius 3 is 2.67 bits per heavy atom. The molecule has 0 fully saturated rings. The molecule has 0 radical (unpaired) electrons. The average Bonchev–Trinajstić information content (AvgIpc) is 2.09. The third-order valence-electron chi connectivity index (χ3n) is 1.63. The van der Waals surface area contributed by atoms with Crippen molar-refractivity contribution in [3.63, 3.8) is 0 Å². The van der Waals surface area contributed by atoms with Gasteiger partial charge in [-0.2, -0.15) is 0 Å². The smallest absolute Gasteiger partial charge is 0.307 e. The van der Waals surface area contributed by atoms with E-state index in [1.807, 2.05) is 0 Å². The Labute approximate surface area is 87.5 Å². The van der Waals surface area contributed by atoms with Crippen molar-refractivity contribution in [1.82, 2.24) is 4.98 Å². The summed E-state index contributed by atoms with van der Waals surface area (Å²) in [5, 5.41) is 7.72. The lowest BCUT2D eigenvalue weighted by Crippen LogP contribution is -2.06. The fraction of sp³-hybridized carbons (Fsp3) is 0.250. The van der Waals surface area contributed by atoms with E-state index in [0.717, 1.165) is 6.20 Å². The molecule has 0 unspecified atom stereocenters. The molecule has 7 heteroatoms. The van der Waals surface area contributed by atoms with Gasteiger partial charge < -0.3 is 5.11 Å². The van der Waals surface area contributed by atoms with Crippen LogP contribution < -0.4 is 0 Å². The fourth-order valence-electron chi connectivity index (χ4n) is 0.996. The third-order valence-corrected chi connectivity index (χ3v) is 1.94. The van der Waals surface area contributed by atoms with Gasteiger partial charge in [0.1, 0.15) is 11.0 Å². The largest absolute Gasteiger partial charge is 0.481 e. The standard InChI is InChI=1S/C8H5ClF3NO2/c9-7-5(8(11)12)6(10)3(2-13-7)1-4(14)15/h2,8H,1H2,(H,14,15). The van der Waals surface area contributed by atoms with Crippen molar-refractivity contribution in [3.05, 3.63) is 28.3 Å². The van der Waals surface area contributed by atoms with Gasteiger partial charge in [-0.1, -0.05) is 11.6 Å². The van der Waals surface area contributed by atoms with Crippen LogP contribution in [-0.4, -0.2) is 16.1 Å². The van der Waals surface area contributed by atoms with Gasteiger partial charge in [-0.15, -0.1) is 0 Å². The monoisotopic (exact) mass is 239 g/mol. The van der Waals surface area contributed by atoms with E-state index in [-0.39, 0.29) is 0 Å². The average molecular weight is 240 g/mol. The Bertz CT molecular complexity index is 398. The summed E-state index contributed by atoms with van der Waals surface area (Å²) in [5.41, 5.74) is -1.47. The van der Waals surface area contributed by atoms with Crippen molar-refractivity contribution in [1.29, 1.82) is 0 Å². The van der Waals surface area contributed by atoms with Gasteiger partial charge in [0, 0.05) is 11.8 Å². The summed E-state index contributed by atoms with van der Waals surface area (Å²) in [6.07, 6.45) is -3.01. The van der Waals surface area contributed by atoms with E-state index in [0.29, 0.717) is 0 Å². The number of nitrogens with zero attached hydrogens (tertiary/aromatic N) is 1. The van der Waals surface area contributed by atoms with Gasteiger partial charge in [0.2, 0.25) is 0 Å². The van der Waals surface area contributed by atoms with Crippen LogP contribution in [0.3, 0.4) is 0 Å². The van der Waals surface area contributed by atoms with Gasteiger partial charge in [-0.05, 0) is 0 Å². The molecular weight excluding hydrogens is 235 g/mol. The van der Waals surface area contributed by atoms with E-state index in [4.69, 9.17) is 16.7 Å². The highest BCUT2D eigenvalue weighted by Gasteiger charge is 2.22. The second-order valence-corrected chi connectivity index (χ2v) is 3.03. The van der Waals surface area contributed by atoms with Crippen molar-refractivity contribution in [3.8, 4) is 0 Å². The first-order valence-electron chi connectivity index (χ1n) is 3.76. The summed E-state index contributed by atoms with van der Waals surface area (Å²) in [6, 6.07) is 0. The molecule has 1 heterocycles. The summed E-state index contributed by atoms with van der Waals surface area (Å²) >= 11 is 5.25. The van der Waals surface area contributed by atoms with Crippen molar-refractivity contribution in [2.24, 2.45) is 0 Å². The Morgan fingerprint density at radius 1 is 1.60 bits per heavy atom. The molecule has 0 amide bonds. The molecule has 0 aliphatic carbocycles. The van der Waals surface area contributed by atoms with Gasteiger partial charge in [0.15, 0.2) is 0 Å². The predicted octanol–water partition coefficient (Wildman–Crippen LogP) is 2.44. The second-order valence-electron chi connectivity index (χ2n) is 2.67. The number of carboxylic acid groups (broad SMARTS) is 1. The topological polar surface area (TPSA) is 50.2 Å². The van der Waals surface area contributed by atoms with Crippen LogP contribution in [0.4, 0.5) is 13.2 Å². The van der Waals surface area contributed by atoms with Crippen LogP contribution in [-0.2, 0) is 11.2 Å². The first kappa shape index (κ1) is 11.8. The first-order chi connectivity index (χ1) is 6.93. The first-order valence-corrected chi connectivity index (χ1v) is 4.14. The molecule has 0 aliphatic rings. The molecule has 0 aliphatic heterocycles. The molecule has 1 rings (SSSR count). The van der Waals surface area contributed by atoms with E-state index in [1.54, 1.807) is 0 Å². The Hall–Kier alpha value is -1.30. The molecule has 0 saturated heterocycles. The van der Waals surface area contributed by atoms with Crippen LogP contribution in [0.5, 0.6) is 0 Å².